The molecule has 1 amide bonds. The second kappa shape index (κ2) is 6.52. The molecule has 0 unspecified atom stereocenters. The van der Waals surface area contributed by atoms with Gasteiger partial charge in [0.25, 0.3) is 5.91 Å². The van der Waals surface area contributed by atoms with E-state index in [4.69, 9.17) is 11.6 Å². The lowest BCUT2D eigenvalue weighted by Crippen LogP contribution is -2.25. The zero-order valence-electron chi connectivity index (χ0n) is 11.8. The van der Waals surface area contributed by atoms with Gasteiger partial charge in [-0.05, 0) is 18.2 Å². The second-order valence-corrected chi connectivity index (χ2v) is 4.61. The number of ether oxygens (including phenoxy) is 1. The molecule has 0 atom stereocenters. The van der Waals surface area contributed by atoms with Gasteiger partial charge in [0.05, 0.1) is 12.1 Å². The number of benzene rings is 1. The van der Waals surface area contributed by atoms with Gasteiger partial charge in [-0.15, -0.1) is 5.10 Å². The van der Waals surface area contributed by atoms with Crippen molar-refractivity contribution < 1.29 is 18.7 Å². The van der Waals surface area contributed by atoms with Gasteiger partial charge in [-0.3, -0.25) is 9.59 Å². The third kappa shape index (κ3) is 3.22. The van der Waals surface area contributed by atoms with Crippen molar-refractivity contribution in [2.24, 2.45) is 0 Å². The van der Waals surface area contributed by atoms with Gasteiger partial charge in [-0.1, -0.05) is 11.6 Å². The van der Waals surface area contributed by atoms with E-state index in [2.05, 4.69) is 20.1 Å². The predicted octanol–water partition coefficient (Wildman–Crippen LogP) is 1.27. The Labute approximate surface area is 130 Å². The Morgan fingerprint density at radius 3 is 2.77 bits per heavy atom. The van der Waals surface area contributed by atoms with Crippen molar-refractivity contribution in [1.29, 1.82) is 0 Å². The molecule has 1 heterocycles. The molecule has 7 nitrogen and oxygen atoms in total. The molecular formula is C13H12ClFN4O3. The first kappa shape index (κ1) is 15.9. The van der Waals surface area contributed by atoms with Crippen molar-refractivity contribution in [1.82, 2.24) is 20.1 Å². The fraction of sp³-hybridized carbons (Fsp3) is 0.231. The number of rotatable bonds is 4. The number of esters is 1. The van der Waals surface area contributed by atoms with Crippen LogP contribution in [0.4, 0.5) is 4.39 Å². The van der Waals surface area contributed by atoms with Crippen LogP contribution in [0.15, 0.2) is 18.2 Å². The van der Waals surface area contributed by atoms with Gasteiger partial charge < -0.3 is 10.1 Å². The highest BCUT2D eigenvalue weighted by Gasteiger charge is 2.20. The number of amides is 1. The van der Waals surface area contributed by atoms with E-state index < -0.39 is 17.7 Å². The van der Waals surface area contributed by atoms with Gasteiger partial charge in [0.2, 0.25) is 5.82 Å². The normalized spacial score (nSPS) is 10.4. The quantitative estimate of drug-likeness (QED) is 0.855. The van der Waals surface area contributed by atoms with Gasteiger partial charge >= 0.3 is 5.97 Å². The summed E-state index contributed by atoms with van der Waals surface area (Å²) in [5, 5.41) is 6.39. The van der Waals surface area contributed by atoms with E-state index in [0.29, 0.717) is 5.56 Å². The number of aromatic nitrogens is 3. The van der Waals surface area contributed by atoms with E-state index in [1.54, 1.807) is 0 Å². The van der Waals surface area contributed by atoms with Crippen LogP contribution in [0.3, 0.4) is 0 Å². The Balaban J connectivity index is 2.46. The summed E-state index contributed by atoms with van der Waals surface area (Å²) in [6, 6.07) is 4.01. The first-order chi connectivity index (χ1) is 10.5. The van der Waals surface area contributed by atoms with Gasteiger partial charge in [0, 0.05) is 12.6 Å². The van der Waals surface area contributed by atoms with Crippen molar-refractivity contribution in [2.45, 2.75) is 6.54 Å². The highest BCUT2D eigenvalue weighted by Crippen LogP contribution is 2.22. The molecule has 1 aromatic heterocycles. The lowest BCUT2D eigenvalue weighted by atomic mass is 10.2. The summed E-state index contributed by atoms with van der Waals surface area (Å²) in [4.78, 5) is 27.2. The van der Waals surface area contributed by atoms with Crippen LogP contribution in [0.25, 0.3) is 11.4 Å². The molecule has 116 valence electrons. The molecule has 2 rings (SSSR count). The third-order valence-corrected chi connectivity index (χ3v) is 3.09. The molecule has 0 fully saturated rings. The van der Waals surface area contributed by atoms with E-state index >= 15 is 0 Å². The molecule has 22 heavy (non-hydrogen) atoms. The van der Waals surface area contributed by atoms with Gasteiger partial charge in [0.15, 0.2) is 5.82 Å². The second-order valence-electron chi connectivity index (χ2n) is 4.20. The fourth-order valence-corrected chi connectivity index (χ4v) is 1.79. The molecule has 0 aliphatic heterocycles. The lowest BCUT2D eigenvalue weighted by molar-refractivity contribution is -0.141. The molecule has 0 saturated carbocycles. The minimum atomic E-state index is -0.634. The standard InChI is InChI=1S/C13H12ClFN4O3/c1-16-13(21)12-17-11(18-19(12)6-10(20)22-2)7-3-4-8(14)9(15)5-7/h3-5H,6H2,1-2H3,(H,16,21). The Morgan fingerprint density at radius 2 is 2.18 bits per heavy atom. The number of carbonyl (C=O) groups excluding carboxylic acids is 2. The fourth-order valence-electron chi connectivity index (χ4n) is 1.68. The van der Waals surface area contributed by atoms with E-state index in [9.17, 15) is 14.0 Å². The first-order valence-electron chi connectivity index (χ1n) is 6.15. The third-order valence-electron chi connectivity index (χ3n) is 2.79. The topological polar surface area (TPSA) is 86.1 Å². The van der Waals surface area contributed by atoms with Crippen LogP contribution in [0.1, 0.15) is 10.6 Å². The van der Waals surface area contributed by atoms with Crippen LogP contribution in [-0.2, 0) is 16.1 Å². The van der Waals surface area contributed by atoms with Crippen LogP contribution < -0.4 is 5.32 Å². The number of hydrogen-bond donors (Lipinski definition) is 1. The Kier molecular flexibility index (Phi) is 4.71. The van der Waals surface area contributed by atoms with E-state index in [-0.39, 0.29) is 23.2 Å². The number of halogens is 2. The van der Waals surface area contributed by atoms with Gasteiger partial charge in [0.1, 0.15) is 12.4 Å². The van der Waals surface area contributed by atoms with E-state index in [1.165, 1.54) is 26.3 Å². The number of methoxy groups -OCH3 is 1. The molecular weight excluding hydrogens is 315 g/mol. The SMILES string of the molecule is CNC(=O)c1nc(-c2ccc(Cl)c(F)c2)nn1CC(=O)OC. The van der Waals surface area contributed by atoms with E-state index in [1.807, 2.05) is 0 Å². The number of nitrogens with zero attached hydrogens (tertiary/aromatic N) is 3. The highest BCUT2D eigenvalue weighted by molar-refractivity contribution is 6.30. The van der Waals surface area contributed by atoms with Crippen molar-refractivity contribution in [3.8, 4) is 11.4 Å². The minimum Gasteiger partial charge on any atom is -0.468 e. The average molecular weight is 327 g/mol. The van der Waals surface area contributed by atoms with E-state index in [0.717, 1.165) is 10.7 Å². The molecule has 0 aliphatic rings. The van der Waals surface area contributed by atoms with Crippen LogP contribution in [0.2, 0.25) is 5.02 Å². The number of carbonyl (C=O) groups is 2. The van der Waals surface area contributed by atoms with Crippen LogP contribution in [0, 0.1) is 5.82 Å². The van der Waals surface area contributed by atoms with Gasteiger partial charge in [-0.2, -0.15) is 0 Å². The van der Waals surface area contributed by atoms with Crippen molar-refractivity contribution in [3.63, 3.8) is 0 Å². The lowest BCUT2D eigenvalue weighted by Gasteiger charge is -2.02. The Hall–Kier alpha value is -2.48. The molecule has 0 radical (unpaired) electrons. The molecule has 0 saturated heterocycles. The summed E-state index contributed by atoms with van der Waals surface area (Å²) in [6.07, 6.45) is 0. The van der Waals surface area contributed by atoms with Crippen molar-refractivity contribution in [2.75, 3.05) is 14.2 Å². The summed E-state index contributed by atoms with van der Waals surface area (Å²) in [5.74, 6) is -1.75. The smallest absolute Gasteiger partial charge is 0.327 e. The Morgan fingerprint density at radius 1 is 1.45 bits per heavy atom. The maximum atomic E-state index is 13.5. The van der Waals surface area contributed by atoms with Crippen molar-refractivity contribution in [3.05, 3.63) is 34.9 Å². The van der Waals surface area contributed by atoms with Gasteiger partial charge in [-0.25, -0.2) is 14.1 Å². The molecule has 0 aliphatic carbocycles. The number of hydrogen-bond acceptors (Lipinski definition) is 5. The summed E-state index contributed by atoms with van der Waals surface area (Å²) >= 11 is 5.62. The minimum absolute atomic E-state index is 0.0377. The molecule has 0 bridgehead atoms. The van der Waals surface area contributed by atoms with Crippen LogP contribution >= 0.6 is 11.6 Å². The first-order valence-corrected chi connectivity index (χ1v) is 6.53. The van der Waals surface area contributed by atoms with Crippen LogP contribution in [0.5, 0.6) is 0 Å². The maximum Gasteiger partial charge on any atom is 0.327 e. The summed E-state index contributed by atoms with van der Waals surface area (Å²) < 4.78 is 19.1. The molecule has 0 spiro atoms. The maximum absolute atomic E-state index is 13.5. The summed E-state index contributed by atoms with van der Waals surface area (Å²) in [7, 11) is 2.63. The largest absolute Gasteiger partial charge is 0.468 e. The zero-order valence-corrected chi connectivity index (χ0v) is 12.5. The highest BCUT2D eigenvalue weighted by atomic mass is 35.5. The Bertz CT molecular complexity index is 732. The predicted molar refractivity (Wildman–Crippen MR) is 75.8 cm³/mol. The molecule has 1 aromatic carbocycles. The average Bonchev–Trinajstić information content (AvgIpc) is 2.92. The number of nitrogens with one attached hydrogen (secondary N) is 1. The molecule has 2 aromatic rings. The zero-order chi connectivity index (χ0) is 16.3. The molecule has 1 N–H and O–H groups in total. The molecule has 9 heteroatoms. The summed E-state index contributed by atoms with van der Waals surface area (Å²) in [5.41, 5.74) is 0.329. The van der Waals surface area contributed by atoms with Crippen LogP contribution in [-0.4, -0.2) is 40.8 Å². The van der Waals surface area contributed by atoms with Crippen molar-refractivity contribution >= 4 is 23.5 Å². The summed E-state index contributed by atoms with van der Waals surface area (Å²) in [6.45, 7) is -0.289. The monoisotopic (exact) mass is 326 g/mol.